The number of aromatic nitrogens is 5. The molecular weight excluding hydrogens is 376 g/mol. The molecule has 3 aromatic heterocycles. The van der Waals surface area contributed by atoms with E-state index in [0.717, 1.165) is 5.39 Å². The van der Waals surface area contributed by atoms with Gasteiger partial charge in [-0.2, -0.15) is 10.2 Å². The first-order chi connectivity index (χ1) is 14.1. The summed E-state index contributed by atoms with van der Waals surface area (Å²) < 4.78 is 13.3. The van der Waals surface area contributed by atoms with Crippen molar-refractivity contribution >= 4 is 27.8 Å². The van der Waals surface area contributed by atoms with E-state index in [0.29, 0.717) is 28.1 Å². The predicted octanol–water partition coefficient (Wildman–Crippen LogP) is 0.655. The molecule has 4 atom stereocenters. The van der Waals surface area contributed by atoms with E-state index in [1.165, 1.54) is 6.33 Å². The maximum Gasteiger partial charge on any atom is 0.164 e. The van der Waals surface area contributed by atoms with E-state index in [-0.39, 0.29) is 6.61 Å². The summed E-state index contributed by atoms with van der Waals surface area (Å²) in [6, 6.07) is 9.04. The largest absolute Gasteiger partial charge is 0.491 e. The monoisotopic (exact) mass is 394 g/mol. The lowest BCUT2D eigenvalue weighted by molar-refractivity contribution is -0.0471. The smallest absolute Gasteiger partial charge is 0.164 e. The fraction of sp³-hybridized carbons (Fsp3) is 0.263. The minimum absolute atomic E-state index is 0.0524. The molecule has 29 heavy (non-hydrogen) atoms. The first-order valence-corrected chi connectivity index (χ1v) is 9.04. The van der Waals surface area contributed by atoms with Crippen LogP contribution >= 0.6 is 0 Å². The fourth-order valence-electron chi connectivity index (χ4n) is 3.52. The Bertz CT molecular complexity index is 1180. The molecule has 5 rings (SSSR count). The Labute approximate surface area is 164 Å². The van der Waals surface area contributed by atoms with Crippen molar-refractivity contribution in [1.82, 2.24) is 24.7 Å². The number of aliphatic hydroxyl groups excluding tert-OH is 2. The first-order valence-electron chi connectivity index (χ1n) is 9.04. The van der Waals surface area contributed by atoms with Gasteiger partial charge in [0.2, 0.25) is 0 Å². The second-order valence-electron chi connectivity index (χ2n) is 6.83. The van der Waals surface area contributed by atoms with Crippen molar-refractivity contribution in [3.05, 3.63) is 49.1 Å². The van der Waals surface area contributed by atoms with Crippen molar-refractivity contribution < 1.29 is 19.7 Å². The van der Waals surface area contributed by atoms with E-state index < -0.39 is 24.5 Å². The quantitative estimate of drug-likeness (QED) is 0.455. The van der Waals surface area contributed by atoms with Crippen LogP contribution < -0.4 is 10.5 Å². The van der Waals surface area contributed by atoms with Crippen LogP contribution in [0.3, 0.4) is 0 Å². The van der Waals surface area contributed by atoms with E-state index in [9.17, 15) is 10.2 Å². The fourth-order valence-corrected chi connectivity index (χ4v) is 3.52. The average molecular weight is 394 g/mol. The van der Waals surface area contributed by atoms with E-state index in [4.69, 9.17) is 15.2 Å². The lowest BCUT2D eigenvalue weighted by atomic mass is 10.1. The van der Waals surface area contributed by atoms with Gasteiger partial charge in [0.15, 0.2) is 6.23 Å². The molecule has 1 aromatic carbocycles. The SMILES string of the molecule is Nc1ncnc2c1ccn2[C@@H]1O[C@H](COc2ccc3ccnnc3c2)[C@@H](O)[C@H]1O. The highest BCUT2D eigenvalue weighted by atomic mass is 16.6. The number of nitrogens with two attached hydrogens (primary N) is 1. The maximum absolute atomic E-state index is 10.5. The third-order valence-electron chi connectivity index (χ3n) is 5.05. The minimum atomic E-state index is -1.15. The molecule has 0 amide bonds. The molecule has 0 bridgehead atoms. The van der Waals surface area contributed by atoms with Crippen molar-refractivity contribution in [2.24, 2.45) is 0 Å². The molecule has 148 valence electrons. The summed E-state index contributed by atoms with van der Waals surface area (Å²) in [5.74, 6) is 0.903. The van der Waals surface area contributed by atoms with E-state index in [2.05, 4.69) is 20.2 Å². The van der Waals surface area contributed by atoms with Crippen LogP contribution in [-0.4, -0.2) is 59.9 Å². The molecule has 1 saturated heterocycles. The molecule has 0 aliphatic carbocycles. The third-order valence-corrected chi connectivity index (χ3v) is 5.05. The van der Waals surface area contributed by atoms with Crippen LogP contribution in [0, 0.1) is 0 Å². The Morgan fingerprint density at radius 3 is 2.93 bits per heavy atom. The molecule has 4 N–H and O–H groups in total. The Morgan fingerprint density at radius 2 is 2.03 bits per heavy atom. The van der Waals surface area contributed by atoms with Gasteiger partial charge in [-0.1, -0.05) is 0 Å². The Morgan fingerprint density at radius 1 is 1.14 bits per heavy atom. The summed E-state index contributed by atoms with van der Waals surface area (Å²) in [5.41, 5.74) is 7.08. The number of hydrogen-bond acceptors (Lipinski definition) is 9. The molecule has 4 heterocycles. The van der Waals surface area contributed by atoms with Crippen molar-refractivity contribution in [3.8, 4) is 5.75 Å². The second kappa shape index (κ2) is 6.92. The lowest BCUT2D eigenvalue weighted by Crippen LogP contribution is -2.34. The van der Waals surface area contributed by atoms with E-state index in [1.807, 2.05) is 12.1 Å². The highest BCUT2D eigenvalue weighted by Gasteiger charge is 2.44. The number of rotatable bonds is 4. The minimum Gasteiger partial charge on any atom is -0.491 e. The van der Waals surface area contributed by atoms with Gasteiger partial charge in [-0.05, 0) is 24.3 Å². The van der Waals surface area contributed by atoms with Crippen LogP contribution in [0.5, 0.6) is 5.75 Å². The number of nitrogens with zero attached hydrogens (tertiary/aromatic N) is 5. The maximum atomic E-state index is 10.5. The van der Waals surface area contributed by atoms with Crippen LogP contribution in [0.4, 0.5) is 5.82 Å². The van der Waals surface area contributed by atoms with Crippen molar-refractivity contribution in [2.75, 3.05) is 12.3 Å². The molecular formula is C19H18N6O4. The van der Waals surface area contributed by atoms with Gasteiger partial charge < -0.3 is 30.0 Å². The predicted molar refractivity (Wildman–Crippen MR) is 103 cm³/mol. The third kappa shape index (κ3) is 3.03. The Kier molecular flexibility index (Phi) is 4.23. The normalized spacial score (nSPS) is 24.3. The summed E-state index contributed by atoms with van der Waals surface area (Å²) in [5, 5.41) is 30.5. The molecule has 0 spiro atoms. The average Bonchev–Trinajstić information content (AvgIpc) is 3.29. The first kappa shape index (κ1) is 17.7. The van der Waals surface area contributed by atoms with E-state index >= 15 is 0 Å². The Balaban J connectivity index is 1.34. The second-order valence-corrected chi connectivity index (χ2v) is 6.83. The number of nitrogen functional groups attached to an aromatic ring is 1. The summed E-state index contributed by atoms with van der Waals surface area (Å²) in [6.45, 7) is 0.0524. The molecule has 0 saturated carbocycles. The summed E-state index contributed by atoms with van der Waals surface area (Å²) >= 11 is 0. The van der Waals surface area contributed by atoms with Crippen molar-refractivity contribution in [2.45, 2.75) is 24.5 Å². The molecule has 10 nitrogen and oxygen atoms in total. The zero-order valence-electron chi connectivity index (χ0n) is 15.2. The van der Waals surface area contributed by atoms with Crippen LogP contribution in [0.2, 0.25) is 0 Å². The summed E-state index contributed by atoms with van der Waals surface area (Å²) in [7, 11) is 0. The van der Waals surface area contributed by atoms with Crippen LogP contribution in [0.15, 0.2) is 49.1 Å². The molecule has 1 fully saturated rings. The highest BCUT2D eigenvalue weighted by Crippen LogP contribution is 2.33. The van der Waals surface area contributed by atoms with Crippen molar-refractivity contribution in [3.63, 3.8) is 0 Å². The molecule has 4 aromatic rings. The topological polar surface area (TPSA) is 141 Å². The van der Waals surface area contributed by atoms with Gasteiger partial charge in [-0.15, -0.1) is 0 Å². The van der Waals surface area contributed by atoms with Gasteiger partial charge in [0.1, 0.15) is 48.5 Å². The number of benzene rings is 1. The van der Waals surface area contributed by atoms with Crippen LogP contribution in [0.25, 0.3) is 21.9 Å². The van der Waals surface area contributed by atoms with E-state index in [1.54, 1.807) is 35.2 Å². The lowest BCUT2D eigenvalue weighted by Gasteiger charge is -2.17. The van der Waals surface area contributed by atoms with Gasteiger partial charge in [0.25, 0.3) is 0 Å². The standard InChI is InChI=1S/C19H18N6O4/c20-17-12-4-6-25(18(12)22-9-21-17)19-16(27)15(26)14(29-19)8-28-11-2-1-10-3-5-23-24-13(10)7-11/h1-7,9,14-16,19,26-27H,8H2,(H2,20,21,22)/t14-,15-,16-,19-/m1/s1. The molecule has 0 radical (unpaired) electrons. The van der Waals surface area contributed by atoms with Gasteiger partial charge in [-0.3, -0.25) is 0 Å². The summed E-state index contributed by atoms with van der Waals surface area (Å²) in [4.78, 5) is 8.16. The number of ether oxygens (including phenoxy) is 2. The zero-order chi connectivity index (χ0) is 20.0. The Hall–Kier alpha value is -3.34. The molecule has 1 aliphatic rings. The van der Waals surface area contributed by atoms with Gasteiger partial charge in [0.05, 0.1) is 17.1 Å². The molecule has 1 aliphatic heterocycles. The summed E-state index contributed by atoms with van der Waals surface area (Å²) in [6.07, 6.45) is 0.819. The highest BCUT2D eigenvalue weighted by molar-refractivity contribution is 5.86. The van der Waals surface area contributed by atoms with Crippen LogP contribution in [0.1, 0.15) is 6.23 Å². The molecule has 0 unspecified atom stereocenters. The number of fused-ring (bicyclic) bond motifs is 2. The van der Waals surface area contributed by atoms with Crippen molar-refractivity contribution in [1.29, 1.82) is 0 Å². The van der Waals surface area contributed by atoms with Gasteiger partial charge in [0, 0.05) is 17.6 Å². The van der Waals surface area contributed by atoms with Gasteiger partial charge in [-0.25, -0.2) is 9.97 Å². The number of aliphatic hydroxyl groups is 2. The van der Waals surface area contributed by atoms with Gasteiger partial charge >= 0.3 is 0 Å². The zero-order valence-corrected chi connectivity index (χ0v) is 15.2. The molecule has 10 heteroatoms. The van der Waals surface area contributed by atoms with Crippen LogP contribution in [-0.2, 0) is 4.74 Å². The number of anilines is 1. The number of hydrogen-bond donors (Lipinski definition) is 3.